The summed E-state index contributed by atoms with van der Waals surface area (Å²) in [5.41, 5.74) is 3.03. The van der Waals surface area contributed by atoms with Gasteiger partial charge in [-0.1, -0.05) is 12.1 Å². The van der Waals surface area contributed by atoms with Crippen molar-refractivity contribution in [2.45, 2.75) is 20.0 Å². The quantitative estimate of drug-likeness (QED) is 0.711. The molecule has 0 atom stereocenters. The van der Waals surface area contributed by atoms with Crippen molar-refractivity contribution in [2.75, 3.05) is 0 Å². The van der Waals surface area contributed by atoms with E-state index in [9.17, 15) is 9.59 Å². The third-order valence-corrected chi connectivity index (χ3v) is 3.78. The average Bonchev–Trinajstić information content (AvgIpc) is 3.14. The molecule has 0 spiro atoms. The van der Waals surface area contributed by atoms with Gasteiger partial charge in [-0.15, -0.1) is 0 Å². The van der Waals surface area contributed by atoms with Crippen LogP contribution in [0.5, 0.6) is 0 Å². The second-order valence-electron chi connectivity index (χ2n) is 5.76. The van der Waals surface area contributed by atoms with E-state index in [-0.39, 0.29) is 11.8 Å². The van der Waals surface area contributed by atoms with Crippen molar-refractivity contribution in [3.63, 3.8) is 0 Å². The SMILES string of the molecule is CC(=O)NCc1cnn(-c2ccccc2C(=O)NCc2ccncc2)c1. The molecule has 0 bridgehead atoms. The predicted molar refractivity (Wildman–Crippen MR) is 96.5 cm³/mol. The lowest BCUT2D eigenvalue weighted by Crippen LogP contribution is -2.24. The summed E-state index contributed by atoms with van der Waals surface area (Å²) in [6.45, 7) is 2.28. The molecule has 2 N–H and O–H groups in total. The molecule has 1 aromatic carbocycles. The Bertz CT molecular complexity index is 905. The first-order chi connectivity index (χ1) is 12.6. The molecule has 132 valence electrons. The fraction of sp³-hybridized carbons (Fsp3) is 0.158. The van der Waals surface area contributed by atoms with Crippen LogP contribution in [0.2, 0.25) is 0 Å². The smallest absolute Gasteiger partial charge is 0.253 e. The normalized spacial score (nSPS) is 10.3. The number of pyridine rings is 1. The van der Waals surface area contributed by atoms with Crippen molar-refractivity contribution in [3.8, 4) is 5.69 Å². The third kappa shape index (κ3) is 4.32. The van der Waals surface area contributed by atoms with Gasteiger partial charge >= 0.3 is 0 Å². The zero-order chi connectivity index (χ0) is 18.4. The van der Waals surface area contributed by atoms with Gasteiger partial charge in [0.1, 0.15) is 0 Å². The lowest BCUT2D eigenvalue weighted by Gasteiger charge is -2.10. The Morgan fingerprint density at radius 2 is 1.73 bits per heavy atom. The van der Waals surface area contributed by atoms with Crippen molar-refractivity contribution >= 4 is 11.8 Å². The van der Waals surface area contributed by atoms with Gasteiger partial charge in [-0.2, -0.15) is 5.10 Å². The number of carbonyl (C=O) groups excluding carboxylic acids is 2. The average molecular weight is 349 g/mol. The monoisotopic (exact) mass is 349 g/mol. The fourth-order valence-electron chi connectivity index (χ4n) is 2.45. The number of benzene rings is 1. The van der Waals surface area contributed by atoms with Crippen LogP contribution >= 0.6 is 0 Å². The highest BCUT2D eigenvalue weighted by atomic mass is 16.2. The first kappa shape index (κ1) is 17.3. The highest BCUT2D eigenvalue weighted by Crippen LogP contribution is 2.15. The molecule has 3 aromatic rings. The van der Waals surface area contributed by atoms with Crippen LogP contribution in [0.3, 0.4) is 0 Å². The molecule has 0 unspecified atom stereocenters. The van der Waals surface area contributed by atoms with Crippen LogP contribution in [0.4, 0.5) is 0 Å². The second kappa shape index (κ2) is 8.06. The molecule has 7 heteroatoms. The van der Waals surface area contributed by atoms with E-state index in [1.165, 1.54) is 6.92 Å². The van der Waals surface area contributed by atoms with Gasteiger partial charge in [-0.3, -0.25) is 14.6 Å². The summed E-state index contributed by atoms with van der Waals surface area (Å²) < 4.78 is 1.64. The number of nitrogens with zero attached hydrogens (tertiary/aromatic N) is 3. The van der Waals surface area contributed by atoms with Crippen LogP contribution in [-0.2, 0) is 17.9 Å². The molecule has 0 aliphatic rings. The number of aromatic nitrogens is 3. The molecule has 0 aliphatic heterocycles. The van der Waals surface area contributed by atoms with Crippen LogP contribution < -0.4 is 10.6 Å². The molecular formula is C19H19N5O2. The maximum atomic E-state index is 12.6. The van der Waals surface area contributed by atoms with E-state index >= 15 is 0 Å². The largest absolute Gasteiger partial charge is 0.352 e. The Hall–Kier alpha value is -3.48. The highest BCUT2D eigenvalue weighted by molar-refractivity contribution is 5.97. The summed E-state index contributed by atoms with van der Waals surface area (Å²) >= 11 is 0. The van der Waals surface area contributed by atoms with Crippen molar-refractivity contribution in [3.05, 3.63) is 77.9 Å². The van der Waals surface area contributed by atoms with E-state index in [4.69, 9.17) is 0 Å². The standard InChI is InChI=1S/C19H19N5O2/c1-14(25)21-11-16-12-23-24(13-16)18-5-3-2-4-17(18)19(26)22-10-15-6-8-20-9-7-15/h2-9,12-13H,10-11H2,1H3,(H,21,25)(H,22,26). The highest BCUT2D eigenvalue weighted by Gasteiger charge is 2.13. The zero-order valence-corrected chi connectivity index (χ0v) is 14.3. The summed E-state index contributed by atoms with van der Waals surface area (Å²) in [5.74, 6) is -0.287. The topological polar surface area (TPSA) is 88.9 Å². The summed E-state index contributed by atoms with van der Waals surface area (Å²) in [7, 11) is 0. The van der Waals surface area contributed by atoms with E-state index in [2.05, 4.69) is 20.7 Å². The zero-order valence-electron chi connectivity index (χ0n) is 14.3. The molecule has 0 aliphatic carbocycles. The number of carbonyl (C=O) groups is 2. The molecule has 26 heavy (non-hydrogen) atoms. The van der Waals surface area contributed by atoms with Gasteiger partial charge < -0.3 is 10.6 Å². The fourth-order valence-corrected chi connectivity index (χ4v) is 2.45. The molecule has 0 saturated carbocycles. The first-order valence-electron chi connectivity index (χ1n) is 8.18. The van der Waals surface area contributed by atoms with Gasteiger partial charge in [0.05, 0.1) is 17.4 Å². The summed E-state index contributed by atoms with van der Waals surface area (Å²) in [5, 5.41) is 9.94. The lowest BCUT2D eigenvalue weighted by molar-refractivity contribution is -0.119. The van der Waals surface area contributed by atoms with Crippen LogP contribution in [-0.4, -0.2) is 26.6 Å². The van der Waals surface area contributed by atoms with Crippen molar-refractivity contribution in [1.82, 2.24) is 25.4 Å². The van der Waals surface area contributed by atoms with Crippen molar-refractivity contribution < 1.29 is 9.59 Å². The van der Waals surface area contributed by atoms with Crippen LogP contribution in [0.15, 0.2) is 61.2 Å². The molecule has 0 saturated heterocycles. The first-order valence-corrected chi connectivity index (χ1v) is 8.18. The minimum atomic E-state index is -0.184. The van der Waals surface area contributed by atoms with E-state index in [0.29, 0.717) is 24.3 Å². The van der Waals surface area contributed by atoms with Crippen LogP contribution in [0.1, 0.15) is 28.4 Å². The summed E-state index contributed by atoms with van der Waals surface area (Å²) in [6.07, 6.45) is 6.85. The number of nitrogens with one attached hydrogen (secondary N) is 2. The molecular weight excluding hydrogens is 330 g/mol. The number of hydrogen-bond acceptors (Lipinski definition) is 4. The molecule has 7 nitrogen and oxygen atoms in total. The van der Waals surface area contributed by atoms with Gasteiger partial charge in [-0.05, 0) is 29.8 Å². The number of hydrogen-bond donors (Lipinski definition) is 2. The van der Waals surface area contributed by atoms with Crippen molar-refractivity contribution in [1.29, 1.82) is 0 Å². The number of rotatable bonds is 6. The Morgan fingerprint density at radius 3 is 2.50 bits per heavy atom. The summed E-state index contributed by atoms with van der Waals surface area (Å²) in [4.78, 5) is 27.6. The minimum absolute atomic E-state index is 0.103. The molecule has 0 fully saturated rings. The molecule has 0 radical (unpaired) electrons. The Labute approximate surface area is 151 Å². The third-order valence-electron chi connectivity index (χ3n) is 3.78. The molecule has 2 amide bonds. The Kier molecular flexibility index (Phi) is 5.38. The van der Waals surface area contributed by atoms with Gasteiger partial charge in [0.2, 0.25) is 5.91 Å². The molecule has 2 heterocycles. The van der Waals surface area contributed by atoms with Crippen LogP contribution in [0.25, 0.3) is 5.69 Å². The van der Waals surface area contributed by atoms with E-state index in [0.717, 1.165) is 11.1 Å². The maximum absolute atomic E-state index is 12.6. The van der Waals surface area contributed by atoms with E-state index in [1.807, 2.05) is 30.3 Å². The Balaban J connectivity index is 1.75. The minimum Gasteiger partial charge on any atom is -0.352 e. The van der Waals surface area contributed by atoms with Gasteiger partial charge in [-0.25, -0.2) is 4.68 Å². The van der Waals surface area contributed by atoms with Gasteiger partial charge in [0.15, 0.2) is 0 Å². The Morgan fingerprint density at radius 1 is 1.00 bits per heavy atom. The molecule has 3 rings (SSSR count). The number of amides is 2. The predicted octanol–water partition coefficient (Wildman–Crippen LogP) is 1.83. The lowest BCUT2D eigenvalue weighted by atomic mass is 10.1. The van der Waals surface area contributed by atoms with Crippen LogP contribution in [0, 0.1) is 0 Å². The number of para-hydroxylation sites is 1. The second-order valence-corrected chi connectivity index (χ2v) is 5.76. The maximum Gasteiger partial charge on any atom is 0.253 e. The van der Waals surface area contributed by atoms with E-state index in [1.54, 1.807) is 35.5 Å². The van der Waals surface area contributed by atoms with E-state index < -0.39 is 0 Å². The van der Waals surface area contributed by atoms with Gasteiger partial charge in [0.25, 0.3) is 5.91 Å². The summed E-state index contributed by atoms with van der Waals surface area (Å²) in [6, 6.07) is 11.0. The van der Waals surface area contributed by atoms with Crippen molar-refractivity contribution in [2.24, 2.45) is 0 Å². The van der Waals surface area contributed by atoms with Gasteiger partial charge in [0, 0.05) is 44.2 Å². The molecule has 2 aromatic heterocycles.